The molecule has 0 aliphatic heterocycles. The van der Waals surface area contributed by atoms with Crippen molar-refractivity contribution in [1.29, 1.82) is 5.26 Å². The Bertz CT molecular complexity index is 1590. The minimum Gasteiger partial charge on any atom is -0.325 e. The van der Waals surface area contributed by atoms with Crippen LogP contribution in [0.25, 0.3) is 42.6 Å². The summed E-state index contributed by atoms with van der Waals surface area (Å²) in [5.74, 6) is 0. The second-order valence-electron chi connectivity index (χ2n) is 7.05. The average molecular weight is 477 g/mol. The number of hydrogen-bond donors (Lipinski definition) is 2. The normalized spacial score (nSPS) is 10.8. The Hall–Kier alpha value is -3.51. The zero-order valence-electron chi connectivity index (χ0n) is 18.3. The average Bonchev–Trinajstić information content (AvgIpc) is 3.39. The molecule has 0 unspecified atom stereocenters. The Morgan fingerprint density at radius 2 is 1.97 bits per heavy atom. The van der Waals surface area contributed by atoms with E-state index in [-0.39, 0.29) is 12.1 Å². The van der Waals surface area contributed by atoms with Gasteiger partial charge in [0.15, 0.2) is 0 Å². The van der Waals surface area contributed by atoms with Crippen molar-refractivity contribution in [2.45, 2.75) is 20.4 Å². The largest absolute Gasteiger partial charge is 0.325 e. The second kappa shape index (κ2) is 9.16. The van der Waals surface area contributed by atoms with Crippen molar-refractivity contribution in [3.05, 3.63) is 69.2 Å². The Balaban J connectivity index is 0.00000126. The summed E-state index contributed by atoms with van der Waals surface area (Å²) >= 11 is 7.69. The number of nitrogens with one attached hydrogen (secondary N) is 1. The van der Waals surface area contributed by atoms with Crippen LogP contribution in [0, 0.1) is 11.3 Å². The minimum absolute atomic E-state index is 0.201. The van der Waals surface area contributed by atoms with Crippen LogP contribution in [-0.4, -0.2) is 20.0 Å². The Morgan fingerprint density at radius 3 is 2.70 bits per heavy atom. The summed E-state index contributed by atoms with van der Waals surface area (Å²) in [5.41, 5.74) is 9.26. The number of H-pyrrole nitrogens is 1. The molecule has 3 N–H and O–H groups in total. The Labute approximate surface area is 199 Å². The molecule has 5 rings (SSSR count). The molecule has 0 radical (unpaired) electrons. The predicted octanol–water partition coefficient (Wildman–Crippen LogP) is 5.22. The van der Waals surface area contributed by atoms with E-state index in [1.165, 1.54) is 11.3 Å². The first-order valence-electron chi connectivity index (χ1n) is 10.4. The van der Waals surface area contributed by atoms with Crippen LogP contribution in [0.4, 0.5) is 0 Å². The summed E-state index contributed by atoms with van der Waals surface area (Å²) in [4.78, 5) is 13.0. The van der Waals surface area contributed by atoms with Gasteiger partial charge in [-0.05, 0) is 35.9 Å². The number of fused-ring (bicyclic) bond motifs is 2. The number of nitrogens with zero attached hydrogens (tertiary/aromatic N) is 4. The summed E-state index contributed by atoms with van der Waals surface area (Å²) in [6.07, 6.45) is 1.76. The zero-order chi connectivity index (χ0) is 23.7. The molecule has 9 heteroatoms. The van der Waals surface area contributed by atoms with E-state index in [1.54, 1.807) is 16.9 Å². The summed E-state index contributed by atoms with van der Waals surface area (Å²) in [5, 5.41) is 23.5. The highest BCUT2D eigenvalue weighted by Crippen LogP contribution is 2.43. The van der Waals surface area contributed by atoms with Gasteiger partial charge in [0.25, 0.3) is 5.56 Å². The van der Waals surface area contributed by atoms with Gasteiger partial charge in [-0.3, -0.25) is 9.48 Å². The molecular weight excluding hydrogens is 456 g/mol. The van der Waals surface area contributed by atoms with E-state index in [0.717, 1.165) is 31.8 Å². The quantitative estimate of drug-likeness (QED) is 0.370. The number of rotatable bonds is 3. The van der Waals surface area contributed by atoms with Crippen LogP contribution in [-0.2, 0) is 13.6 Å². The number of nitrogens with two attached hydrogens (primary N) is 1. The standard InChI is InChI=1S/C22H15ClN6OS.C2H6/c1-29-20(21-16(8-24)15-7-12(23)3-5-19(15)31-21)17(10-26-29)11-2-4-13-14(6-11)18(9-25)27-28-22(13)30;1-2/h2-7,10H,9,25H2,1H3,(H,28,30);1-2H3. The number of hydrogen-bond acceptors (Lipinski definition) is 6. The van der Waals surface area contributed by atoms with Crippen molar-refractivity contribution < 1.29 is 0 Å². The molecule has 0 amide bonds. The van der Waals surface area contributed by atoms with Crippen LogP contribution in [0.2, 0.25) is 5.02 Å². The Kier molecular flexibility index (Phi) is 6.29. The summed E-state index contributed by atoms with van der Waals surface area (Å²) < 4.78 is 2.73. The van der Waals surface area contributed by atoms with Crippen molar-refractivity contribution in [2.24, 2.45) is 12.8 Å². The Morgan fingerprint density at radius 1 is 1.18 bits per heavy atom. The SMILES string of the molecule is CC.Cn1ncc(-c2ccc3c(=O)[nH]nc(CN)c3c2)c1-c1sc2ccc(Cl)cc2c1C#N. The third kappa shape index (κ3) is 3.80. The highest BCUT2D eigenvalue weighted by atomic mass is 35.5. The highest BCUT2D eigenvalue weighted by molar-refractivity contribution is 7.22. The molecule has 0 aliphatic carbocycles. The van der Waals surface area contributed by atoms with Crippen molar-refractivity contribution in [1.82, 2.24) is 20.0 Å². The number of aryl methyl sites for hydroxylation is 1. The fourth-order valence-corrected chi connectivity index (χ4v) is 5.20. The van der Waals surface area contributed by atoms with E-state index >= 15 is 0 Å². The van der Waals surface area contributed by atoms with E-state index < -0.39 is 0 Å². The van der Waals surface area contributed by atoms with Gasteiger partial charge >= 0.3 is 0 Å². The summed E-state index contributed by atoms with van der Waals surface area (Å²) in [6.45, 7) is 4.20. The molecule has 3 heterocycles. The number of aromatic nitrogens is 4. The maximum atomic E-state index is 12.2. The number of aromatic amines is 1. The third-order valence-electron chi connectivity index (χ3n) is 5.29. The van der Waals surface area contributed by atoms with Crippen molar-refractivity contribution in [3.63, 3.8) is 0 Å². The summed E-state index contributed by atoms with van der Waals surface area (Å²) in [6, 6.07) is 13.4. The highest BCUT2D eigenvalue weighted by Gasteiger charge is 2.21. The van der Waals surface area contributed by atoms with Crippen molar-refractivity contribution in [3.8, 4) is 27.8 Å². The lowest BCUT2D eigenvalue weighted by molar-refractivity contribution is 0.777. The molecule has 33 heavy (non-hydrogen) atoms. The number of benzene rings is 2. The van der Waals surface area contributed by atoms with E-state index in [1.807, 2.05) is 51.2 Å². The van der Waals surface area contributed by atoms with Crippen LogP contribution in [0.1, 0.15) is 25.1 Å². The first-order valence-corrected chi connectivity index (χ1v) is 11.6. The zero-order valence-corrected chi connectivity index (χ0v) is 19.9. The van der Waals surface area contributed by atoms with E-state index in [2.05, 4.69) is 21.4 Å². The van der Waals surface area contributed by atoms with Gasteiger partial charge in [0.2, 0.25) is 0 Å². The van der Waals surface area contributed by atoms with Crippen molar-refractivity contribution >= 4 is 43.8 Å². The maximum absolute atomic E-state index is 12.2. The first kappa shape index (κ1) is 22.7. The fraction of sp³-hybridized carbons (Fsp3) is 0.167. The predicted molar refractivity (Wildman–Crippen MR) is 134 cm³/mol. The molecule has 166 valence electrons. The van der Waals surface area contributed by atoms with Crippen molar-refractivity contribution in [2.75, 3.05) is 0 Å². The van der Waals surface area contributed by atoms with Gasteiger partial charge in [-0.15, -0.1) is 11.3 Å². The maximum Gasteiger partial charge on any atom is 0.272 e. The summed E-state index contributed by atoms with van der Waals surface area (Å²) in [7, 11) is 1.84. The molecule has 7 nitrogen and oxygen atoms in total. The molecular formula is C24H21ClN6OS. The van der Waals surface area contributed by atoms with E-state index in [0.29, 0.717) is 27.1 Å². The number of halogens is 1. The van der Waals surface area contributed by atoms with Crippen LogP contribution in [0.5, 0.6) is 0 Å². The van der Waals surface area contributed by atoms with Crippen LogP contribution >= 0.6 is 22.9 Å². The van der Waals surface area contributed by atoms with Crippen LogP contribution in [0.3, 0.4) is 0 Å². The number of thiophene rings is 1. The van der Waals surface area contributed by atoms with Gasteiger partial charge in [-0.1, -0.05) is 31.5 Å². The van der Waals surface area contributed by atoms with Gasteiger partial charge in [-0.25, -0.2) is 5.10 Å². The van der Waals surface area contributed by atoms with Crippen LogP contribution in [0.15, 0.2) is 47.4 Å². The molecule has 2 aromatic carbocycles. The monoisotopic (exact) mass is 476 g/mol. The van der Waals surface area contributed by atoms with Gasteiger partial charge in [0.1, 0.15) is 6.07 Å². The molecule has 3 aromatic heterocycles. The minimum atomic E-state index is -0.265. The third-order valence-corrected chi connectivity index (χ3v) is 6.70. The fourth-order valence-electron chi connectivity index (χ4n) is 3.81. The molecule has 0 spiro atoms. The van der Waals surface area contributed by atoms with Crippen LogP contribution < -0.4 is 11.3 Å². The molecule has 0 bridgehead atoms. The molecule has 0 fully saturated rings. The van der Waals surface area contributed by atoms with E-state index in [9.17, 15) is 10.1 Å². The topological polar surface area (TPSA) is 113 Å². The van der Waals surface area contributed by atoms with Gasteiger partial charge in [0.05, 0.1) is 33.4 Å². The molecule has 5 aromatic rings. The van der Waals surface area contributed by atoms with Gasteiger partial charge in [0, 0.05) is 39.7 Å². The van der Waals surface area contributed by atoms with E-state index in [4.69, 9.17) is 17.3 Å². The lowest BCUT2D eigenvalue weighted by Gasteiger charge is -2.08. The lowest BCUT2D eigenvalue weighted by atomic mass is 9.99. The molecule has 0 aliphatic rings. The second-order valence-corrected chi connectivity index (χ2v) is 8.54. The van der Waals surface area contributed by atoms with Gasteiger partial charge < -0.3 is 5.73 Å². The molecule has 0 atom stereocenters. The lowest BCUT2D eigenvalue weighted by Crippen LogP contribution is -2.13. The van der Waals surface area contributed by atoms with Gasteiger partial charge in [-0.2, -0.15) is 15.5 Å². The molecule has 0 saturated heterocycles. The first-order chi connectivity index (χ1) is 16.0. The number of nitriles is 1. The molecule has 0 saturated carbocycles. The smallest absolute Gasteiger partial charge is 0.272 e.